The molecule has 172 valence electrons. The molecule has 8 heteroatoms. The first-order valence-electron chi connectivity index (χ1n) is 11.3. The zero-order valence-corrected chi connectivity index (χ0v) is 19.3. The van der Waals surface area contributed by atoms with Crippen molar-refractivity contribution in [1.82, 2.24) is 15.2 Å². The molecular weight excluding hydrogens is 453 g/mol. The number of hydrogen-bond acceptors (Lipinski definition) is 5. The van der Waals surface area contributed by atoms with Gasteiger partial charge in [0, 0.05) is 18.5 Å². The van der Waals surface area contributed by atoms with Gasteiger partial charge in [-0.05, 0) is 61.1 Å². The zero-order valence-electron chi connectivity index (χ0n) is 18.5. The van der Waals surface area contributed by atoms with Crippen molar-refractivity contribution in [3.63, 3.8) is 0 Å². The van der Waals surface area contributed by atoms with Crippen LogP contribution in [0.1, 0.15) is 32.3 Å². The number of carbonyl (C=O) groups excluding carboxylic acids is 2. The topological polar surface area (TPSA) is 75.4 Å². The van der Waals surface area contributed by atoms with Crippen LogP contribution in [0.4, 0.5) is 4.39 Å². The molecule has 0 bridgehead atoms. The Hall–Kier alpha value is -3.52. The molecule has 6 nitrogen and oxygen atoms in total. The van der Waals surface area contributed by atoms with Crippen molar-refractivity contribution >= 4 is 34.1 Å². The number of aryl methyl sites for hydroxylation is 1. The van der Waals surface area contributed by atoms with Crippen molar-refractivity contribution in [3.8, 4) is 10.4 Å². The number of likely N-dealkylation sites (tertiary alicyclic amines) is 1. The molecule has 1 aliphatic carbocycles. The number of furan rings is 1. The lowest BCUT2D eigenvalue weighted by atomic mass is 10.1. The number of hydrogen-bond donors (Lipinski definition) is 1. The highest BCUT2D eigenvalue weighted by molar-refractivity contribution is 7.15. The highest BCUT2D eigenvalue weighted by Crippen LogP contribution is 2.50. The van der Waals surface area contributed by atoms with Crippen LogP contribution in [0.3, 0.4) is 0 Å². The van der Waals surface area contributed by atoms with E-state index in [9.17, 15) is 14.0 Å². The molecule has 1 saturated heterocycles. The summed E-state index contributed by atoms with van der Waals surface area (Å²) >= 11 is 1.43. The molecule has 4 aromatic rings. The van der Waals surface area contributed by atoms with Crippen molar-refractivity contribution in [3.05, 3.63) is 76.9 Å². The average Bonchev–Trinajstić information content (AvgIpc) is 3.16. The van der Waals surface area contributed by atoms with Gasteiger partial charge in [-0.25, -0.2) is 9.37 Å². The van der Waals surface area contributed by atoms with Gasteiger partial charge in [-0.1, -0.05) is 18.2 Å². The van der Waals surface area contributed by atoms with Crippen LogP contribution in [0, 0.1) is 24.6 Å². The Morgan fingerprint density at radius 2 is 2.03 bits per heavy atom. The van der Waals surface area contributed by atoms with E-state index in [-0.39, 0.29) is 23.7 Å². The number of carbonyl (C=O) groups is 2. The molecule has 3 heterocycles. The minimum atomic E-state index is -0.320. The van der Waals surface area contributed by atoms with Crippen molar-refractivity contribution in [1.29, 1.82) is 0 Å². The van der Waals surface area contributed by atoms with Crippen LogP contribution < -0.4 is 5.32 Å². The summed E-state index contributed by atoms with van der Waals surface area (Å²) in [7, 11) is 0. The van der Waals surface area contributed by atoms with E-state index in [1.165, 1.54) is 23.5 Å². The lowest BCUT2D eigenvalue weighted by Gasteiger charge is -2.27. The number of nitrogens with zero attached hydrogens (tertiary/aromatic N) is 2. The Bertz CT molecular complexity index is 1410. The van der Waals surface area contributed by atoms with Crippen LogP contribution >= 0.6 is 11.3 Å². The van der Waals surface area contributed by atoms with Crippen LogP contribution in [-0.4, -0.2) is 40.8 Å². The fourth-order valence-electron chi connectivity index (χ4n) is 5.06. The van der Waals surface area contributed by atoms with Gasteiger partial charge in [-0.15, -0.1) is 11.3 Å². The van der Waals surface area contributed by atoms with Gasteiger partial charge in [0.2, 0.25) is 0 Å². The van der Waals surface area contributed by atoms with Crippen molar-refractivity contribution in [2.75, 3.05) is 13.1 Å². The number of thiazole rings is 1. The number of benzene rings is 2. The molecule has 1 aliphatic heterocycles. The van der Waals surface area contributed by atoms with Gasteiger partial charge >= 0.3 is 0 Å². The summed E-state index contributed by atoms with van der Waals surface area (Å²) < 4.78 is 18.8. The van der Waals surface area contributed by atoms with E-state index in [0.29, 0.717) is 41.8 Å². The molecule has 2 aliphatic rings. The van der Waals surface area contributed by atoms with E-state index < -0.39 is 0 Å². The van der Waals surface area contributed by atoms with Crippen molar-refractivity contribution in [2.24, 2.45) is 11.8 Å². The Morgan fingerprint density at radius 3 is 2.85 bits per heavy atom. The normalized spacial score (nSPS) is 21.0. The summed E-state index contributed by atoms with van der Waals surface area (Å²) in [4.78, 5) is 33.7. The number of piperidine rings is 1. The number of nitrogens with one attached hydrogen (secondary N) is 1. The maximum atomic E-state index is 13.6. The Kier molecular flexibility index (Phi) is 4.99. The summed E-state index contributed by atoms with van der Waals surface area (Å²) in [6, 6.07) is 13.2. The number of fused-ring (bicyclic) bond motifs is 2. The molecule has 3 atom stereocenters. The highest BCUT2D eigenvalue weighted by Gasteiger charge is 2.54. The lowest BCUT2D eigenvalue weighted by Crippen LogP contribution is -2.45. The summed E-state index contributed by atoms with van der Waals surface area (Å²) in [5.74, 6) is 0.228. The number of halogens is 1. The Labute approximate surface area is 199 Å². The number of amides is 2. The minimum absolute atomic E-state index is 0.0759. The van der Waals surface area contributed by atoms with Crippen LogP contribution in [0.15, 0.2) is 59.2 Å². The van der Waals surface area contributed by atoms with Gasteiger partial charge in [0.15, 0.2) is 0 Å². The first kappa shape index (κ1) is 21.0. The van der Waals surface area contributed by atoms with Crippen molar-refractivity contribution in [2.45, 2.75) is 19.4 Å². The van der Waals surface area contributed by atoms with E-state index in [4.69, 9.17) is 4.42 Å². The SMILES string of the molecule is Cc1nc(C(=O)N2C[C@H]3C[C@H]3[C@H]2CNC(=O)c2cccc3occc23)c(-c2ccc(F)cc2)s1. The van der Waals surface area contributed by atoms with Gasteiger partial charge < -0.3 is 14.6 Å². The van der Waals surface area contributed by atoms with Crippen LogP contribution in [-0.2, 0) is 0 Å². The minimum Gasteiger partial charge on any atom is -0.464 e. The quantitative estimate of drug-likeness (QED) is 0.446. The molecule has 1 saturated carbocycles. The second kappa shape index (κ2) is 8.06. The first-order valence-corrected chi connectivity index (χ1v) is 12.1. The first-order chi connectivity index (χ1) is 16.5. The summed E-state index contributed by atoms with van der Waals surface area (Å²) in [5, 5.41) is 4.59. The second-order valence-corrected chi connectivity index (χ2v) is 10.2. The summed E-state index contributed by atoms with van der Waals surface area (Å²) in [6.07, 6.45) is 2.64. The summed E-state index contributed by atoms with van der Waals surface area (Å²) in [6.45, 7) is 2.92. The largest absolute Gasteiger partial charge is 0.464 e. The van der Waals surface area contributed by atoms with Gasteiger partial charge in [0.1, 0.15) is 17.1 Å². The number of aromatic nitrogens is 1. The molecule has 34 heavy (non-hydrogen) atoms. The van der Waals surface area contributed by atoms with E-state index in [1.54, 1.807) is 36.6 Å². The molecule has 0 spiro atoms. The smallest absolute Gasteiger partial charge is 0.274 e. The molecule has 6 rings (SSSR count). The fraction of sp³-hybridized carbons (Fsp3) is 0.269. The number of rotatable bonds is 5. The second-order valence-electron chi connectivity index (χ2n) is 8.95. The molecule has 0 radical (unpaired) electrons. The van der Waals surface area contributed by atoms with Gasteiger partial charge in [0.05, 0.1) is 27.8 Å². The summed E-state index contributed by atoms with van der Waals surface area (Å²) in [5.41, 5.74) is 2.40. The maximum absolute atomic E-state index is 13.6. The van der Waals surface area contributed by atoms with Crippen molar-refractivity contribution < 1.29 is 18.4 Å². The van der Waals surface area contributed by atoms with Crippen LogP contribution in [0.2, 0.25) is 0 Å². The molecule has 2 amide bonds. The molecule has 2 aromatic heterocycles. The van der Waals surface area contributed by atoms with E-state index in [1.807, 2.05) is 17.9 Å². The average molecular weight is 476 g/mol. The third-order valence-electron chi connectivity index (χ3n) is 6.82. The monoisotopic (exact) mass is 475 g/mol. The Balaban J connectivity index is 1.23. The van der Waals surface area contributed by atoms with Gasteiger partial charge in [-0.3, -0.25) is 9.59 Å². The fourth-order valence-corrected chi connectivity index (χ4v) is 5.97. The van der Waals surface area contributed by atoms with Gasteiger partial charge in [-0.2, -0.15) is 0 Å². The molecule has 2 fully saturated rings. The van der Waals surface area contributed by atoms with Crippen LogP contribution in [0.25, 0.3) is 21.4 Å². The third-order valence-corrected chi connectivity index (χ3v) is 7.84. The Morgan fingerprint density at radius 1 is 1.21 bits per heavy atom. The van der Waals surface area contributed by atoms with Gasteiger partial charge in [0.25, 0.3) is 11.8 Å². The predicted octanol–water partition coefficient (Wildman–Crippen LogP) is 4.89. The van der Waals surface area contributed by atoms with E-state index >= 15 is 0 Å². The van der Waals surface area contributed by atoms with E-state index in [2.05, 4.69) is 10.3 Å². The molecular formula is C26H22FN3O3S. The standard InChI is InChI=1S/C26H22FN3O3S/c1-14-29-23(24(34-14)15-5-7-17(27)8-6-15)26(32)30-13-16-11-20(16)21(30)12-28-25(31)19-3-2-4-22-18(19)9-10-33-22/h2-10,16,20-21H,11-13H2,1H3,(H,28,31)/t16-,20-,21-/m1/s1. The molecule has 1 N–H and O–H groups in total. The molecule has 0 unspecified atom stereocenters. The predicted molar refractivity (Wildman–Crippen MR) is 127 cm³/mol. The highest BCUT2D eigenvalue weighted by atomic mass is 32.1. The lowest BCUT2D eigenvalue weighted by molar-refractivity contribution is 0.0690. The maximum Gasteiger partial charge on any atom is 0.274 e. The third kappa shape index (κ3) is 3.58. The molecule has 2 aromatic carbocycles. The van der Waals surface area contributed by atoms with Crippen LogP contribution in [0.5, 0.6) is 0 Å². The zero-order chi connectivity index (χ0) is 23.4. The van der Waals surface area contributed by atoms with E-state index in [0.717, 1.165) is 27.3 Å².